The van der Waals surface area contributed by atoms with Crippen LogP contribution in [-0.2, 0) is 16.1 Å². The molecule has 23 heavy (non-hydrogen) atoms. The standard InChI is InChI=1S/C18H22N2O3/c1-14(19)11-18(21)23-17(16-9-6-10-22-16)13-20(2)12-15-7-4-3-5-8-15/h3-10,17,19H,11-13H2,1-2H3. The van der Waals surface area contributed by atoms with Crippen molar-refractivity contribution in [1.29, 1.82) is 5.41 Å². The average Bonchev–Trinajstić information content (AvgIpc) is 3.00. The van der Waals surface area contributed by atoms with E-state index in [0.29, 0.717) is 12.3 Å². The van der Waals surface area contributed by atoms with Gasteiger partial charge < -0.3 is 14.6 Å². The predicted molar refractivity (Wildman–Crippen MR) is 88.3 cm³/mol. The van der Waals surface area contributed by atoms with Gasteiger partial charge in [0.1, 0.15) is 5.76 Å². The Hall–Kier alpha value is -2.40. The molecular formula is C18H22N2O3. The summed E-state index contributed by atoms with van der Waals surface area (Å²) < 4.78 is 10.9. The van der Waals surface area contributed by atoms with Crippen LogP contribution in [0.5, 0.6) is 0 Å². The molecule has 0 amide bonds. The Labute approximate surface area is 136 Å². The van der Waals surface area contributed by atoms with Crippen LogP contribution < -0.4 is 0 Å². The highest BCUT2D eigenvalue weighted by molar-refractivity contribution is 5.95. The zero-order valence-electron chi connectivity index (χ0n) is 13.5. The maximum atomic E-state index is 11.9. The van der Waals surface area contributed by atoms with Gasteiger partial charge in [-0.25, -0.2) is 0 Å². The molecule has 0 radical (unpaired) electrons. The highest BCUT2D eigenvalue weighted by Gasteiger charge is 2.21. The van der Waals surface area contributed by atoms with E-state index < -0.39 is 12.1 Å². The number of hydrogen-bond acceptors (Lipinski definition) is 5. The van der Waals surface area contributed by atoms with Crippen molar-refractivity contribution in [1.82, 2.24) is 4.90 Å². The molecule has 1 N–H and O–H groups in total. The molecule has 0 saturated carbocycles. The molecule has 0 aliphatic carbocycles. The number of hydrogen-bond donors (Lipinski definition) is 1. The van der Waals surface area contributed by atoms with E-state index in [0.717, 1.165) is 6.54 Å². The molecule has 0 aliphatic heterocycles. The molecule has 1 atom stereocenters. The highest BCUT2D eigenvalue weighted by atomic mass is 16.6. The summed E-state index contributed by atoms with van der Waals surface area (Å²) in [5.41, 5.74) is 1.47. The molecule has 5 heteroatoms. The van der Waals surface area contributed by atoms with Crippen LogP contribution in [-0.4, -0.2) is 30.2 Å². The maximum absolute atomic E-state index is 11.9. The van der Waals surface area contributed by atoms with Crippen LogP contribution in [0.1, 0.15) is 30.8 Å². The van der Waals surface area contributed by atoms with Crippen LogP contribution in [0.2, 0.25) is 0 Å². The first-order valence-corrected chi connectivity index (χ1v) is 7.54. The predicted octanol–water partition coefficient (Wildman–Crippen LogP) is 3.43. The van der Waals surface area contributed by atoms with Crippen LogP contribution in [0.3, 0.4) is 0 Å². The van der Waals surface area contributed by atoms with Crippen LogP contribution in [0, 0.1) is 5.41 Å². The Balaban J connectivity index is 2.00. The minimum atomic E-state index is -0.481. The first kappa shape index (κ1) is 17.0. The summed E-state index contributed by atoms with van der Waals surface area (Å²) in [5.74, 6) is 0.202. The van der Waals surface area contributed by atoms with Crippen molar-refractivity contribution in [3.63, 3.8) is 0 Å². The van der Waals surface area contributed by atoms with Crippen molar-refractivity contribution >= 4 is 11.7 Å². The van der Waals surface area contributed by atoms with Crippen LogP contribution in [0.4, 0.5) is 0 Å². The Morgan fingerprint density at radius 2 is 2.00 bits per heavy atom. The number of carbonyl (C=O) groups excluding carboxylic acids is 1. The zero-order valence-corrected chi connectivity index (χ0v) is 13.5. The van der Waals surface area contributed by atoms with E-state index in [1.165, 1.54) is 5.56 Å². The Bertz CT molecular complexity index is 623. The summed E-state index contributed by atoms with van der Waals surface area (Å²) >= 11 is 0. The Morgan fingerprint density at radius 3 is 2.61 bits per heavy atom. The molecule has 0 bridgehead atoms. The summed E-state index contributed by atoms with van der Waals surface area (Å²) in [4.78, 5) is 14.0. The number of rotatable bonds is 8. The van der Waals surface area contributed by atoms with Crippen molar-refractivity contribution in [2.75, 3.05) is 13.6 Å². The third kappa shape index (κ3) is 5.71. The molecule has 1 unspecified atom stereocenters. The van der Waals surface area contributed by atoms with Gasteiger partial charge in [0.2, 0.25) is 0 Å². The molecule has 0 saturated heterocycles. The number of benzene rings is 1. The number of furan rings is 1. The lowest BCUT2D eigenvalue weighted by Crippen LogP contribution is -2.27. The van der Waals surface area contributed by atoms with Gasteiger partial charge in [0.15, 0.2) is 6.10 Å². The average molecular weight is 314 g/mol. The minimum absolute atomic E-state index is 0.000389. The number of esters is 1. The lowest BCUT2D eigenvalue weighted by atomic mass is 10.2. The Kier molecular flexibility index (Phi) is 6.11. The lowest BCUT2D eigenvalue weighted by Gasteiger charge is -2.23. The van der Waals surface area contributed by atoms with Gasteiger partial charge >= 0.3 is 5.97 Å². The summed E-state index contributed by atoms with van der Waals surface area (Å²) in [5, 5.41) is 7.40. The van der Waals surface area contributed by atoms with Gasteiger partial charge in [-0.2, -0.15) is 0 Å². The van der Waals surface area contributed by atoms with Crippen molar-refractivity contribution in [3.05, 3.63) is 60.1 Å². The molecule has 5 nitrogen and oxygen atoms in total. The van der Waals surface area contributed by atoms with Crippen molar-refractivity contribution in [3.8, 4) is 0 Å². The number of ether oxygens (including phenoxy) is 1. The Morgan fingerprint density at radius 1 is 1.26 bits per heavy atom. The van der Waals surface area contributed by atoms with E-state index in [1.54, 1.807) is 25.3 Å². The van der Waals surface area contributed by atoms with E-state index >= 15 is 0 Å². The van der Waals surface area contributed by atoms with Crippen molar-refractivity contribution in [2.24, 2.45) is 0 Å². The van der Waals surface area contributed by atoms with E-state index in [-0.39, 0.29) is 12.1 Å². The number of nitrogens with zero attached hydrogens (tertiary/aromatic N) is 1. The molecular weight excluding hydrogens is 292 g/mol. The zero-order chi connectivity index (χ0) is 16.7. The van der Waals surface area contributed by atoms with Crippen LogP contribution in [0.15, 0.2) is 53.1 Å². The number of nitrogens with one attached hydrogen (secondary N) is 1. The number of likely N-dealkylation sites (N-methyl/N-ethyl adjacent to an activating group) is 1. The second kappa shape index (κ2) is 8.29. The molecule has 1 aromatic carbocycles. The monoisotopic (exact) mass is 314 g/mol. The second-order valence-electron chi connectivity index (χ2n) is 5.63. The molecule has 122 valence electrons. The normalized spacial score (nSPS) is 12.1. The van der Waals surface area contributed by atoms with Gasteiger partial charge in [-0.05, 0) is 31.7 Å². The van der Waals surface area contributed by atoms with Crippen LogP contribution in [0.25, 0.3) is 0 Å². The first-order chi connectivity index (χ1) is 11.0. The summed E-state index contributed by atoms with van der Waals surface area (Å²) in [6, 6.07) is 13.7. The topological polar surface area (TPSA) is 66.5 Å². The van der Waals surface area contributed by atoms with E-state index in [9.17, 15) is 4.79 Å². The van der Waals surface area contributed by atoms with Crippen LogP contribution >= 0.6 is 0 Å². The van der Waals surface area contributed by atoms with Gasteiger partial charge in [-0.15, -0.1) is 0 Å². The molecule has 1 aromatic heterocycles. The molecule has 1 heterocycles. The third-order valence-electron chi connectivity index (χ3n) is 3.32. The maximum Gasteiger partial charge on any atom is 0.312 e. The van der Waals surface area contributed by atoms with Gasteiger partial charge in [0.05, 0.1) is 12.7 Å². The fourth-order valence-corrected chi connectivity index (χ4v) is 2.32. The fraction of sp³-hybridized carbons (Fsp3) is 0.333. The summed E-state index contributed by atoms with van der Waals surface area (Å²) in [7, 11) is 1.97. The fourth-order valence-electron chi connectivity index (χ4n) is 2.32. The van der Waals surface area contributed by atoms with E-state index in [1.807, 2.05) is 25.2 Å². The SMILES string of the molecule is CC(=N)CC(=O)OC(CN(C)Cc1ccccc1)c1ccco1. The molecule has 0 spiro atoms. The van der Waals surface area contributed by atoms with Crippen molar-refractivity contribution in [2.45, 2.75) is 26.0 Å². The summed E-state index contributed by atoms with van der Waals surface area (Å²) in [6.45, 7) is 2.86. The summed E-state index contributed by atoms with van der Waals surface area (Å²) in [6.07, 6.45) is 1.08. The third-order valence-corrected chi connectivity index (χ3v) is 3.32. The van der Waals surface area contributed by atoms with Gasteiger partial charge in [-0.3, -0.25) is 9.69 Å². The molecule has 2 rings (SSSR count). The van der Waals surface area contributed by atoms with E-state index in [4.69, 9.17) is 14.6 Å². The van der Waals surface area contributed by atoms with E-state index in [2.05, 4.69) is 17.0 Å². The molecule has 0 aliphatic rings. The van der Waals surface area contributed by atoms with Gasteiger partial charge in [0, 0.05) is 18.8 Å². The first-order valence-electron chi connectivity index (χ1n) is 7.54. The molecule has 2 aromatic rings. The lowest BCUT2D eigenvalue weighted by molar-refractivity contribution is -0.149. The van der Waals surface area contributed by atoms with Gasteiger partial charge in [0.25, 0.3) is 0 Å². The largest absolute Gasteiger partial charge is 0.465 e. The second-order valence-corrected chi connectivity index (χ2v) is 5.63. The van der Waals surface area contributed by atoms with Crippen molar-refractivity contribution < 1.29 is 13.9 Å². The quantitative estimate of drug-likeness (QED) is 0.599. The molecule has 0 fully saturated rings. The minimum Gasteiger partial charge on any atom is -0.465 e. The smallest absolute Gasteiger partial charge is 0.312 e. The number of carbonyl (C=O) groups is 1. The highest BCUT2D eigenvalue weighted by Crippen LogP contribution is 2.20. The van der Waals surface area contributed by atoms with Gasteiger partial charge in [-0.1, -0.05) is 30.3 Å².